The van der Waals surface area contributed by atoms with Gasteiger partial charge in [0, 0.05) is 12.1 Å². The van der Waals surface area contributed by atoms with Crippen LogP contribution < -0.4 is 10.6 Å². The summed E-state index contributed by atoms with van der Waals surface area (Å²) in [7, 11) is 0.865. The largest absolute Gasteiger partial charge is 0.336 e. The van der Waals surface area contributed by atoms with E-state index in [0.29, 0.717) is 11.6 Å². The summed E-state index contributed by atoms with van der Waals surface area (Å²) >= 11 is 0. The Hall–Kier alpha value is -1.21. The first-order valence-corrected chi connectivity index (χ1v) is 8.01. The molecule has 1 saturated heterocycles. The molecule has 1 unspecified atom stereocenters. The fourth-order valence-corrected chi connectivity index (χ4v) is 4.23. The van der Waals surface area contributed by atoms with Crippen LogP contribution in [-0.2, 0) is 0 Å². The number of hydrogen-bond donors (Lipinski definition) is 2. The highest BCUT2D eigenvalue weighted by Crippen LogP contribution is 2.41. The van der Waals surface area contributed by atoms with Crippen molar-refractivity contribution in [3.05, 3.63) is 71.8 Å². The Labute approximate surface area is 116 Å². The van der Waals surface area contributed by atoms with Crippen molar-refractivity contribution in [3.8, 4) is 0 Å². The predicted octanol–water partition coefficient (Wildman–Crippen LogP) is 2.23. The van der Waals surface area contributed by atoms with Crippen LogP contribution in [0.4, 0.5) is 0 Å². The second-order valence-corrected chi connectivity index (χ2v) is 6.41. The Bertz CT molecular complexity index is 453. The molecule has 1 heterocycles. The molecule has 3 N–H and O–H groups in total. The minimum absolute atomic E-state index is 0.491. The van der Waals surface area contributed by atoms with E-state index in [0.717, 1.165) is 21.7 Å². The fraction of sp³-hybridized carbons (Fsp3) is 0.250. The molecule has 19 heavy (non-hydrogen) atoms. The summed E-state index contributed by atoms with van der Waals surface area (Å²) in [4.78, 5) is 0. The summed E-state index contributed by atoms with van der Waals surface area (Å²) in [5.74, 6) is 1.08. The molecule has 1 aliphatic heterocycles. The number of rotatable bonds is 2. The van der Waals surface area contributed by atoms with E-state index in [-0.39, 0.29) is 0 Å². The van der Waals surface area contributed by atoms with Crippen LogP contribution in [0.2, 0.25) is 0 Å². The monoisotopic (exact) mass is 271 g/mol. The van der Waals surface area contributed by atoms with Crippen molar-refractivity contribution in [1.82, 2.24) is 5.32 Å². The van der Waals surface area contributed by atoms with E-state index in [1.165, 1.54) is 11.1 Å². The molecule has 2 nitrogen and oxygen atoms in total. The summed E-state index contributed by atoms with van der Waals surface area (Å²) in [6.45, 7) is 2.23. The van der Waals surface area contributed by atoms with Crippen molar-refractivity contribution in [2.45, 2.75) is 11.6 Å². The van der Waals surface area contributed by atoms with Crippen molar-refractivity contribution in [1.29, 1.82) is 0 Å². The summed E-state index contributed by atoms with van der Waals surface area (Å²) in [6.07, 6.45) is 0. The molecule has 3 atom stereocenters. The smallest absolute Gasteiger partial charge is 0.128 e. The third kappa shape index (κ3) is 3.22. The van der Waals surface area contributed by atoms with Gasteiger partial charge < -0.3 is 10.6 Å². The number of nitrogens with two attached hydrogens (primary N) is 1. The maximum absolute atomic E-state index is 3.68. The molecule has 0 saturated carbocycles. The van der Waals surface area contributed by atoms with Crippen LogP contribution in [-0.4, -0.2) is 13.1 Å². The van der Waals surface area contributed by atoms with Gasteiger partial charge in [-0.1, -0.05) is 60.7 Å². The Morgan fingerprint density at radius 3 is 2.21 bits per heavy atom. The first-order chi connectivity index (χ1) is 9.43. The van der Waals surface area contributed by atoms with Gasteiger partial charge in [-0.3, -0.25) is 0 Å². The van der Waals surface area contributed by atoms with Gasteiger partial charge >= 0.3 is 0 Å². The second-order valence-electron chi connectivity index (χ2n) is 4.88. The molecule has 0 aromatic heterocycles. The predicted molar refractivity (Wildman–Crippen MR) is 81.5 cm³/mol. The topological polar surface area (TPSA) is 28.6 Å². The molecule has 0 aliphatic carbocycles. The first kappa shape index (κ1) is 12.8. The van der Waals surface area contributed by atoms with Crippen molar-refractivity contribution in [2.75, 3.05) is 13.1 Å². The minimum Gasteiger partial charge on any atom is -0.336 e. The number of benzene rings is 2. The van der Waals surface area contributed by atoms with Crippen LogP contribution in [0.3, 0.4) is 0 Å². The van der Waals surface area contributed by atoms with Crippen LogP contribution in [0.5, 0.6) is 0 Å². The Morgan fingerprint density at radius 2 is 1.53 bits per heavy atom. The Balaban J connectivity index is 1.80. The summed E-state index contributed by atoms with van der Waals surface area (Å²) in [6, 6.07) is 21.7. The van der Waals surface area contributed by atoms with Crippen LogP contribution >= 0.6 is 8.58 Å². The van der Waals surface area contributed by atoms with Crippen LogP contribution in [0.15, 0.2) is 60.7 Å². The van der Waals surface area contributed by atoms with Gasteiger partial charge in [0.1, 0.15) is 5.78 Å². The van der Waals surface area contributed by atoms with Crippen molar-refractivity contribution >= 4 is 8.58 Å². The quantitative estimate of drug-likeness (QED) is 0.806. The standard InChI is InChI=1S/C16H19N2P/c1-3-7-13(8-4-1)15-17-11-12-18-16(19-15)14-9-5-2-6-10-14/h1-10,15-19H,11-12H2/p+1/t15-,16-/m0/s1. The van der Waals surface area contributed by atoms with Gasteiger partial charge in [0.15, 0.2) is 0 Å². The molecule has 3 rings (SSSR count). The second kappa shape index (κ2) is 6.29. The zero-order valence-electron chi connectivity index (χ0n) is 10.9. The van der Waals surface area contributed by atoms with Gasteiger partial charge in [0.25, 0.3) is 0 Å². The van der Waals surface area contributed by atoms with E-state index in [1.54, 1.807) is 0 Å². The van der Waals surface area contributed by atoms with E-state index in [4.69, 9.17) is 0 Å². The van der Waals surface area contributed by atoms with Crippen molar-refractivity contribution < 1.29 is 5.32 Å². The molecule has 3 heteroatoms. The fourth-order valence-electron chi connectivity index (χ4n) is 2.54. The maximum atomic E-state index is 3.68. The molecule has 98 valence electrons. The third-order valence-electron chi connectivity index (χ3n) is 3.53. The Morgan fingerprint density at radius 1 is 0.895 bits per heavy atom. The molecule has 0 bridgehead atoms. The number of nitrogens with one attached hydrogen (secondary N) is 1. The van der Waals surface area contributed by atoms with E-state index < -0.39 is 0 Å². The zero-order chi connectivity index (χ0) is 12.9. The molecule has 2 aromatic carbocycles. The molecular formula is C16H20N2P+. The average Bonchev–Trinajstić information content (AvgIpc) is 2.75. The van der Waals surface area contributed by atoms with Crippen LogP contribution in [0, 0.1) is 0 Å². The molecule has 0 amide bonds. The van der Waals surface area contributed by atoms with E-state index in [2.05, 4.69) is 71.3 Å². The van der Waals surface area contributed by atoms with Gasteiger partial charge in [0.05, 0.1) is 12.3 Å². The van der Waals surface area contributed by atoms with Gasteiger partial charge in [-0.05, 0) is 14.1 Å². The first-order valence-electron chi connectivity index (χ1n) is 6.86. The van der Waals surface area contributed by atoms with E-state index in [9.17, 15) is 0 Å². The molecule has 1 fully saturated rings. The normalized spacial score (nSPS) is 25.1. The van der Waals surface area contributed by atoms with Crippen molar-refractivity contribution in [3.63, 3.8) is 0 Å². The summed E-state index contributed by atoms with van der Waals surface area (Å²) in [5.41, 5.74) is 2.86. The van der Waals surface area contributed by atoms with Gasteiger partial charge in [0.2, 0.25) is 0 Å². The highest BCUT2D eigenvalue weighted by Gasteiger charge is 2.24. The van der Waals surface area contributed by atoms with E-state index >= 15 is 0 Å². The third-order valence-corrected chi connectivity index (χ3v) is 5.33. The van der Waals surface area contributed by atoms with Crippen molar-refractivity contribution in [2.24, 2.45) is 0 Å². The SMILES string of the molecule is c1ccc([C@H]2NCC[NH2+][C@H](c3ccccc3)P2)cc1. The Kier molecular flexibility index (Phi) is 4.24. The van der Waals surface area contributed by atoms with Gasteiger partial charge in [-0.25, -0.2) is 0 Å². The molecule has 1 aliphatic rings. The number of quaternary nitrogens is 1. The van der Waals surface area contributed by atoms with Gasteiger partial charge in [-0.2, -0.15) is 0 Å². The van der Waals surface area contributed by atoms with Gasteiger partial charge in [-0.15, -0.1) is 0 Å². The zero-order valence-corrected chi connectivity index (χ0v) is 11.9. The molecular weight excluding hydrogens is 251 g/mol. The minimum atomic E-state index is 0.491. The lowest BCUT2D eigenvalue weighted by Crippen LogP contribution is -2.84. The lowest BCUT2D eigenvalue weighted by molar-refractivity contribution is -0.672. The summed E-state index contributed by atoms with van der Waals surface area (Å²) in [5, 5.41) is 6.15. The lowest BCUT2D eigenvalue weighted by atomic mass is 10.2. The highest BCUT2D eigenvalue weighted by molar-refractivity contribution is 7.38. The maximum Gasteiger partial charge on any atom is 0.128 e. The average molecular weight is 271 g/mol. The van der Waals surface area contributed by atoms with Crippen LogP contribution in [0.25, 0.3) is 0 Å². The van der Waals surface area contributed by atoms with Crippen LogP contribution in [0.1, 0.15) is 22.7 Å². The molecule has 0 radical (unpaired) electrons. The summed E-state index contributed by atoms with van der Waals surface area (Å²) < 4.78 is 0. The lowest BCUT2D eigenvalue weighted by Gasteiger charge is -2.19. The molecule has 0 spiro atoms. The molecule has 2 aromatic rings. The number of hydrogen-bond acceptors (Lipinski definition) is 1. The highest BCUT2D eigenvalue weighted by atomic mass is 31.1. The van der Waals surface area contributed by atoms with E-state index in [1.807, 2.05) is 0 Å².